The molecule has 4 heteroatoms. The summed E-state index contributed by atoms with van der Waals surface area (Å²) in [6.07, 6.45) is 1.41. The van der Waals surface area contributed by atoms with Gasteiger partial charge in [0, 0.05) is 18.8 Å². The van der Waals surface area contributed by atoms with Crippen molar-refractivity contribution < 1.29 is 9.90 Å². The number of nitrogens with zero attached hydrogens (tertiary/aromatic N) is 2. The molecule has 0 aliphatic rings. The number of carboxylic acid groups (broad SMARTS) is 1. The molecule has 4 nitrogen and oxygen atoms in total. The van der Waals surface area contributed by atoms with Gasteiger partial charge in [-0.3, -0.25) is 0 Å². The lowest BCUT2D eigenvalue weighted by molar-refractivity contribution is 0.0696. The van der Waals surface area contributed by atoms with Crippen molar-refractivity contribution in [1.29, 1.82) is 0 Å². The fraction of sp³-hybridized carbons (Fsp3) is 0.538. The first-order chi connectivity index (χ1) is 7.91. The molecular formula is C13H20N2O2. The lowest BCUT2D eigenvalue weighted by Crippen LogP contribution is -2.34. The first kappa shape index (κ1) is 13.5. The maximum atomic E-state index is 10.7. The number of carboxylic acids is 1. The van der Waals surface area contributed by atoms with Gasteiger partial charge in [0.25, 0.3) is 0 Å². The number of rotatable bonds is 5. The molecule has 1 rings (SSSR count). The third-order valence-corrected chi connectivity index (χ3v) is 2.47. The van der Waals surface area contributed by atoms with Gasteiger partial charge in [-0.25, -0.2) is 9.78 Å². The molecule has 1 aromatic heterocycles. The SMILES string of the molecule is CC(C)CN(c1ccc(C(=O)O)cn1)C(C)C. The van der Waals surface area contributed by atoms with E-state index in [2.05, 4.69) is 37.6 Å². The molecule has 0 aromatic carbocycles. The highest BCUT2D eigenvalue weighted by molar-refractivity contribution is 5.87. The third kappa shape index (κ3) is 3.73. The normalized spacial score (nSPS) is 10.9. The Hall–Kier alpha value is -1.58. The molecule has 0 aliphatic carbocycles. The Morgan fingerprint density at radius 1 is 1.35 bits per heavy atom. The third-order valence-electron chi connectivity index (χ3n) is 2.47. The highest BCUT2D eigenvalue weighted by atomic mass is 16.4. The van der Waals surface area contributed by atoms with E-state index in [-0.39, 0.29) is 5.56 Å². The number of pyridine rings is 1. The van der Waals surface area contributed by atoms with Gasteiger partial charge in [-0.15, -0.1) is 0 Å². The van der Waals surface area contributed by atoms with E-state index < -0.39 is 5.97 Å². The van der Waals surface area contributed by atoms with Gasteiger partial charge in [-0.2, -0.15) is 0 Å². The van der Waals surface area contributed by atoms with E-state index >= 15 is 0 Å². The minimum Gasteiger partial charge on any atom is -0.478 e. The number of anilines is 1. The monoisotopic (exact) mass is 236 g/mol. The summed E-state index contributed by atoms with van der Waals surface area (Å²) in [5.41, 5.74) is 0.224. The average molecular weight is 236 g/mol. The summed E-state index contributed by atoms with van der Waals surface area (Å²) < 4.78 is 0. The van der Waals surface area contributed by atoms with Crippen LogP contribution in [0.15, 0.2) is 18.3 Å². The van der Waals surface area contributed by atoms with Crippen LogP contribution in [0.4, 0.5) is 5.82 Å². The fourth-order valence-corrected chi connectivity index (χ4v) is 1.64. The van der Waals surface area contributed by atoms with Crippen molar-refractivity contribution in [3.63, 3.8) is 0 Å². The Morgan fingerprint density at radius 2 is 2.00 bits per heavy atom. The molecule has 0 bridgehead atoms. The van der Waals surface area contributed by atoms with E-state index in [0.717, 1.165) is 12.4 Å². The Balaban J connectivity index is 2.91. The smallest absolute Gasteiger partial charge is 0.337 e. The van der Waals surface area contributed by atoms with E-state index in [1.165, 1.54) is 6.20 Å². The van der Waals surface area contributed by atoms with Crippen LogP contribution in [0.5, 0.6) is 0 Å². The summed E-state index contributed by atoms with van der Waals surface area (Å²) in [6, 6.07) is 3.72. The molecule has 0 saturated heterocycles. The summed E-state index contributed by atoms with van der Waals surface area (Å²) in [7, 11) is 0. The molecule has 0 amide bonds. The largest absolute Gasteiger partial charge is 0.478 e. The Morgan fingerprint density at radius 3 is 2.35 bits per heavy atom. The van der Waals surface area contributed by atoms with E-state index in [0.29, 0.717) is 12.0 Å². The van der Waals surface area contributed by atoms with Crippen molar-refractivity contribution in [2.45, 2.75) is 33.7 Å². The molecule has 0 unspecified atom stereocenters. The molecule has 0 atom stereocenters. The van der Waals surface area contributed by atoms with Crippen molar-refractivity contribution in [1.82, 2.24) is 4.98 Å². The topological polar surface area (TPSA) is 53.4 Å². The van der Waals surface area contributed by atoms with Crippen LogP contribution in [0, 0.1) is 5.92 Å². The van der Waals surface area contributed by atoms with E-state index in [1.54, 1.807) is 12.1 Å². The van der Waals surface area contributed by atoms with Crippen LogP contribution < -0.4 is 4.90 Å². The van der Waals surface area contributed by atoms with Crippen molar-refractivity contribution in [3.8, 4) is 0 Å². The predicted molar refractivity (Wildman–Crippen MR) is 68.5 cm³/mol. The summed E-state index contributed by atoms with van der Waals surface area (Å²) >= 11 is 0. The van der Waals surface area contributed by atoms with Crippen LogP contribution in [-0.2, 0) is 0 Å². The zero-order valence-electron chi connectivity index (χ0n) is 10.8. The number of aromatic nitrogens is 1. The second-order valence-electron chi connectivity index (χ2n) is 4.85. The quantitative estimate of drug-likeness (QED) is 0.854. The number of hydrogen-bond acceptors (Lipinski definition) is 3. The molecule has 0 fully saturated rings. The molecular weight excluding hydrogens is 216 g/mol. The predicted octanol–water partition coefficient (Wildman–Crippen LogP) is 2.65. The van der Waals surface area contributed by atoms with Crippen molar-refractivity contribution in [2.24, 2.45) is 5.92 Å². The van der Waals surface area contributed by atoms with Crippen LogP contribution in [-0.4, -0.2) is 28.6 Å². The summed E-state index contributed by atoms with van der Waals surface area (Å²) in [5, 5.41) is 8.82. The van der Waals surface area contributed by atoms with Gasteiger partial charge >= 0.3 is 5.97 Å². The molecule has 0 spiro atoms. The number of carbonyl (C=O) groups is 1. The first-order valence-electron chi connectivity index (χ1n) is 5.87. The van der Waals surface area contributed by atoms with Crippen LogP contribution in [0.1, 0.15) is 38.1 Å². The highest BCUT2D eigenvalue weighted by Gasteiger charge is 2.14. The van der Waals surface area contributed by atoms with Crippen LogP contribution in [0.3, 0.4) is 0 Å². The van der Waals surface area contributed by atoms with Crippen LogP contribution in [0.2, 0.25) is 0 Å². The molecule has 0 aliphatic heterocycles. The Bertz CT molecular complexity index is 372. The zero-order chi connectivity index (χ0) is 13.0. The van der Waals surface area contributed by atoms with Gasteiger partial charge < -0.3 is 10.0 Å². The number of hydrogen-bond donors (Lipinski definition) is 1. The second kappa shape index (κ2) is 5.66. The standard InChI is InChI=1S/C13H20N2O2/c1-9(2)8-15(10(3)4)12-6-5-11(7-14-12)13(16)17/h5-7,9-10H,8H2,1-4H3,(H,16,17). The second-order valence-corrected chi connectivity index (χ2v) is 4.85. The van der Waals surface area contributed by atoms with Gasteiger partial charge in [0.1, 0.15) is 5.82 Å². The molecule has 1 N–H and O–H groups in total. The van der Waals surface area contributed by atoms with Gasteiger partial charge in [-0.1, -0.05) is 13.8 Å². The van der Waals surface area contributed by atoms with Gasteiger partial charge in [0.15, 0.2) is 0 Å². The molecule has 17 heavy (non-hydrogen) atoms. The average Bonchev–Trinajstić information content (AvgIpc) is 2.25. The first-order valence-corrected chi connectivity index (χ1v) is 5.87. The van der Waals surface area contributed by atoms with E-state index in [1.807, 2.05) is 0 Å². The number of aromatic carboxylic acids is 1. The fourth-order valence-electron chi connectivity index (χ4n) is 1.64. The van der Waals surface area contributed by atoms with Crippen molar-refractivity contribution in [2.75, 3.05) is 11.4 Å². The highest BCUT2D eigenvalue weighted by Crippen LogP contribution is 2.16. The maximum absolute atomic E-state index is 10.7. The van der Waals surface area contributed by atoms with Crippen LogP contribution >= 0.6 is 0 Å². The molecule has 1 heterocycles. The Kier molecular flexibility index (Phi) is 4.49. The zero-order valence-corrected chi connectivity index (χ0v) is 10.8. The lowest BCUT2D eigenvalue weighted by Gasteiger charge is -2.29. The summed E-state index contributed by atoms with van der Waals surface area (Å²) in [4.78, 5) is 17.1. The molecule has 0 radical (unpaired) electrons. The summed E-state index contributed by atoms with van der Waals surface area (Å²) in [5.74, 6) is 0.432. The minimum atomic E-state index is -0.941. The van der Waals surface area contributed by atoms with Gasteiger partial charge in [0.2, 0.25) is 0 Å². The van der Waals surface area contributed by atoms with Crippen molar-refractivity contribution in [3.05, 3.63) is 23.9 Å². The van der Waals surface area contributed by atoms with E-state index in [9.17, 15) is 4.79 Å². The maximum Gasteiger partial charge on any atom is 0.337 e. The van der Waals surface area contributed by atoms with E-state index in [4.69, 9.17) is 5.11 Å². The molecule has 1 aromatic rings. The minimum absolute atomic E-state index is 0.224. The van der Waals surface area contributed by atoms with Crippen LogP contribution in [0.25, 0.3) is 0 Å². The molecule has 0 saturated carbocycles. The van der Waals surface area contributed by atoms with Gasteiger partial charge in [-0.05, 0) is 31.9 Å². The Labute approximate surface area is 102 Å². The lowest BCUT2D eigenvalue weighted by atomic mass is 10.1. The van der Waals surface area contributed by atoms with Gasteiger partial charge in [0.05, 0.1) is 5.56 Å². The molecule has 94 valence electrons. The van der Waals surface area contributed by atoms with Crippen molar-refractivity contribution >= 4 is 11.8 Å². The summed E-state index contributed by atoms with van der Waals surface area (Å²) in [6.45, 7) is 9.43.